The van der Waals surface area contributed by atoms with E-state index in [0.717, 1.165) is 0 Å². The summed E-state index contributed by atoms with van der Waals surface area (Å²) in [5, 5.41) is 9.83. The molecule has 0 aliphatic rings. The number of carbonyl (C=O) groups is 1. The molecule has 0 N–H and O–H groups in total. The van der Waals surface area contributed by atoms with Gasteiger partial charge in [0.05, 0.1) is 6.42 Å². The molecule has 0 saturated heterocycles. The van der Waals surface area contributed by atoms with E-state index in [-0.39, 0.29) is 26.0 Å². The van der Waals surface area contributed by atoms with E-state index in [1.165, 1.54) is 6.08 Å². The van der Waals surface area contributed by atoms with Gasteiger partial charge in [-0.2, -0.15) is 0 Å². The van der Waals surface area contributed by atoms with Crippen LogP contribution < -0.4 is 0 Å². The molecule has 0 saturated carbocycles. The third-order valence-electron chi connectivity index (χ3n) is 1.08. The van der Waals surface area contributed by atoms with Crippen LogP contribution in [0.3, 0.4) is 0 Å². The lowest BCUT2D eigenvalue weighted by Gasteiger charge is -1.98. The van der Waals surface area contributed by atoms with Crippen LogP contribution in [0.25, 0.3) is 0 Å². The number of rotatable bonds is 6. The smallest absolute Gasteiger partial charge is 0.306 e. The largest absolute Gasteiger partial charge is 0.461 e. The van der Waals surface area contributed by atoms with Gasteiger partial charge in [0, 0.05) is 11.3 Å². The number of nitrogens with zero attached hydrogens (tertiary/aromatic N) is 1. The molecule has 0 aliphatic carbocycles. The van der Waals surface area contributed by atoms with Crippen LogP contribution in [0, 0.1) is 10.1 Å². The Morgan fingerprint density at radius 2 is 2.33 bits per heavy atom. The highest BCUT2D eigenvalue weighted by Gasteiger charge is 2.04. The molecule has 0 unspecified atom stereocenters. The summed E-state index contributed by atoms with van der Waals surface area (Å²) in [7, 11) is 0. The quantitative estimate of drug-likeness (QED) is 0.257. The number of esters is 1. The Labute approximate surface area is 70.2 Å². The van der Waals surface area contributed by atoms with Gasteiger partial charge in [-0.1, -0.05) is 12.7 Å². The molecule has 0 aliphatic heterocycles. The molecular formula is C7H11NO4. The first-order valence-corrected chi connectivity index (χ1v) is 3.55. The highest BCUT2D eigenvalue weighted by atomic mass is 16.6. The minimum Gasteiger partial charge on any atom is -0.461 e. The Morgan fingerprint density at radius 1 is 1.67 bits per heavy atom. The molecule has 0 aromatic rings. The van der Waals surface area contributed by atoms with Gasteiger partial charge >= 0.3 is 5.97 Å². The van der Waals surface area contributed by atoms with E-state index >= 15 is 0 Å². The summed E-state index contributed by atoms with van der Waals surface area (Å²) in [4.78, 5) is 20.1. The third-order valence-corrected chi connectivity index (χ3v) is 1.08. The SMILES string of the molecule is C=CCOC(=O)CCC[N+](=O)[O-]. The van der Waals surface area contributed by atoms with Crippen molar-refractivity contribution in [2.75, 3.05) is 13.2 Å². The van der Waals surface area contributed by atoms with Crippen molar-refractivity contribution in [3.8, 4) is 0 Å². The van der Waals surface area contributed by atoms with E-state index in [1.807, 2.05) is 0 Å². The summed E-state index contributed by atoms with van der Waals surface area (Å²) < 4.78 is 4.59. The first-order chi connectivity index (χ1) is 5.66. The lowest BCUT2D eigenvalue weighted by atomic mass is 10.3. The van der Waals surface area contributed by atoms with Crippen molar-refractivity contribution in [3.05, 3.63) is 22.8 Å². The number of ether oxygens (including phenoxy) is 1. The summed E-state index contributed by atoms with van der Waals surface area (Å²) in [6, 6.07) is 0. The molecule has 0 amide bonds. The molecule has 68 valence electrons. The molecule has 0 bridgehead atoms. The zero-order chi connectivity index (χ0) is 9.40. The summed E-state index contributed by atoms with van der Waals surface area (Å²) in [6.07, 6.45) is 1.77. The molecule has 0 aromatic heterocycles. The second kappa shape index (κ2) is 6.33. The van der Waals surface area contributed by atoms with Gasteiger partial charge in [-0.15, -0.1) is 0 Å². The minimum atomic E-state index is -0.458. The molecule has 0 aromatic carbocycles. The molecule has 12 heavy (non-hydrogen) atoms. The van der Waals surface area contributed by atoms with Gasteiger partial charge in [-0.25, -0.2) is 0 Å². The van der Waals surface area contributed by atoms with Crippen LogP contribution in [0.2, 0.25) is 0 Å². The Balaban J connectivity index is 3.31. The average molecular weight is 173 g/mol. The molecule has 0 heterocycles. The van der Waals surface area contributed by atoms with Gasteiger partial charge in [0.1, 0.15) is 6.61 Å². The fraction of sp³-hybridized carbons (Fsp3) is 0.571. The normalized spacial score (nSPS) is 9.00. The average Bonchev–Trinajstić information content (AvgIpc) is 2.00. The topological polar surface area (TPSA) is 69.4 Å². The summed E-state index contributed by atoms with van der Waals surface area (Å²) in [5.74, 6) is -0.420. The van der Waals surface area contributed by atoms with Gasteiger partial charge in [-0.3, -0.25) is 14.9 Å². The monoisotopic (exact) mass is 173 g/mol. The van der Waals surface area contributed by atoms with Crippen molar-refractivity contribution < 1.29 is 14.5 Å². The first-order valence-electron chi connectivity index (χ1n) is 3.55. The lowest BCUT2D eigenvalue weighted by Crippen LogP contribution is -2.08. The van der Waals surface area contributed by atoms with Crippen molar-refractivity contribution in [2.24, 2.45) is 0 Å². The van der Waals surface area contributed by atoms with Gasteiger partial charge in [0.15, 0.2) is 0 Å². The van der Waals surface area contributed by atoms with Gasteiger partial charge < -0.3 is 4.74 Å². The molecule has 0 fully saturated rings. The molecule has 5 heteroatoms. The molecule has 0 atom stereocenters. The van der Waals surface area contributed by atoms with Crippen LogP contribution in [0.15, 0.2) is 12.7 Å². The van der Waals surface area contributed by atoms with Crippen molar-refractivity contribution in [1.82, 2.24) is 0 Å². The summed E-state index contributed by atoms with van der Waals surface area (Å²) in [6.45, 7) is 3.33. The van der Waals surface area contributed by atoms with Gasteiger partial charge in [0.2, 0.25) is 6.54 Å². The summed E-state index contributed by atoms with van der Waals surface area (Å²) >= 11 is 0. The lowest BCUT2D eigenvalue weighted by molar-refractivity contribution is -0.480. The van der Waals surface area contributed by atoms with E-state index in [9.17, 15) is 14.9 Å². The highest BCUT2D eigenvalue weighted by molar-refractivity contribution is 5.69. The van der Waals surface area contributed by atoms with Gasteiger partial charge in [0.25, 0.3) is 0 Å². The van der Waals surface area contributed by atoms with Crippen molar-refractivity contribution in [1.29, 1.82) is 0 Å². The highest BCUT2D eigenvalue weighted by Crippen LogP contribution is 1.92. The number of nitro groups is 1. The fourth-order valence-corrected chi connectivity index (χ4v) is 0.577. The Morgan fingerprint density at radius 3 is 2.83 bits per heavy atom. The Kier molecular flexibility index (Phi) is 5.60. The zero-order valence-electron chi connectivity index (χ0n) is 6.69. The van der Waals surface area contributed by atoms with E-state index in [0.29, 0.717) is 0 Å². The van der Waals surface area contributed by atoms with Crippen LogP contribution in [-0.4, -0.2) is 24.0 Å². The van der Waals surface area contributed by atoms with Crippen LogP contribution in [0.1, 0.15) is 12.8 Å². The summed E-state index contributed by atoms with van der Waals surface area (Å²) in [5.41, 5.74) is 0. The minimum absolute atomic E-state index is 0.0921. The van der Waals surface area contributed by atoms with Crippen LogP contribution in [0.4, 0.5) is 0 Å². The van der Waals surface area contributed by atoms with Gasteiger partial charge in [-0.05, 0) is 0 Å². The number of carbonyl (C=O) groups excluding carboxylic acids is 1. The maximum absolute atomic E-state index is 10.7. The molecule has 0 spiro atoms. The maximum atomic E-state index is 10.7. The number of hydrogen-bond acceptors (Lipinski definition) is 4. The van der Waals surface area contributed by atoms with Crippen molar-refractivity contribution in [3.63, 3.8) is 0 Å². The first kappa shape index (κ1) is 10.6. The van der Waals surface area contributed by atoms with Crippen LogP contribution in [-0.2, 0) is 9.53 Å². The predicted octanol–water partition coefficient (Wildman–Crippen LogP) is 0.772. The van der Waals surface area contributed by atoms with E-state index in [2.05, 4.69) is 11.3 Å². The van der Waals surface area contributed by atoms with Crippen LogP contribution >= 0.6 is 0 Å². The van der Waals surface area contributed by atoms with E-state index in [1.54, 1.807) is 0 Å². The predicted molar refractivity (Wildman–Crippen MR) is 42.3 cm³/mol. The maximum Gasteiger partial charge on any atom is 0.306 e. The van der Waals surface area contributed by atoms with E-state index in [4.69, 9.17) is 0 Å². The fourth-order valence-electron chi connectivity index (χ4n) is 0.577. The Hall–Kier alpha value is -1.39. The third kappa shape index (κ3) is 6.73. The molecular weight excluding hydrogens is 162 g/mol. The van der Waals surface area contributed by atoms with Crippen LogP contribution in [0.5, 0.6) is 0 Å². The van der Waals surface area contributed by atoms with Crippen molar-refractivity contribution in [2.45, 2.75) is 12.8 Å². The molecule has 5 nitrogen and oxygen atoms in total. The Bertz CT molecular complexity index is 178. The van der Waals surface area contributed by atoms with E-state index < -0.39 is 10.9 Å². The zero-order valence-corrected chi connectivity index (χ0v) is 6.69. The second-order valence-corrected chi connectivity index (χ2v) is 2.13. The standard InChI is InChI=1S/C7H11NO4/c1-2-6-12-7(9)4-3-5-8(10)11/h2H,1,3-6H2. The number of hydrogen-bond donors (Lipinski definition) is 0. The molecule has 0 radical (unpaired) electrons. The van der Waals surface area contributed by atoms with Crippen molar-refractivity contribution >= 4 is 5.97 Å². The molecule has 0 rings (SSSR count). The second-order valence-electron chi connectivity index (χ2n) is 2.13.